The molecule has 8 nitrogen and oxygen atoms in total. The van der Waals surface area contributed by atoms with Crippen LogP contribution in [0.25, 0.3) is 0 Å². The van der Waals surface area contributed by atoms with Gasteiger partial charge in [0.05, 0.1) is 0 Å². The smallest absolute Gasteiger partial charge is 0.316 e. The van der Waals surface area contributed by atoms with Crippen molar-refractivity contribution in [2.24, 2.45) is 0 Å². The number of hydrogen-bond acceptors (Lipinski definition) is 8. The van der Waals surface area contributed by atoms with Gasteiger partial charge in [0.2, 0.25) is 0 Å². The van der Waals surface area contributed by atoms with E-state index >= 15 is 0 Å². The van der Waals surface area contributed by atoms with Crippen LogP contribution in [-0.4, -0.2) is 63.6 Å². The molecule has 0 radical (unpaired) electrons. The average molecular weight is 369 g/mol. The Balaban J connectivity index is 3.18. The predicted octanol–water partition coefficient (Wildman–Crippen LogP) is 0.0178. The number of rotatable bonds is 13. The van der Waals surface area contributed by atoms with E-state index in [0.29, 0.717) is 46.2 Å². The maximum Gasteiger partial charge on any atom is 0.319 e. The van der Waals surface area contributed by atoms with E-state index in [1.54, 1.807) is 0 Å². The van der Waals surface area contributed by atoms with Gasteiger partial charge in [0, 0.05) is 24.6 Å². The number of hydrogen-bond donors (Lipinski definition) is 4. The fourth-order valence-corrected chi connectivity index (χ4v) is 3.83. The predicted molar refractivity (Wildman–Crippen MR) is 83.0 cm³/mol. The molecule has 0 rings (SSSR count). The second kappa shape index (κ2) is 11.1. The summed E-state index contributed by atoms with van der Waals surface area (Å²) in [5.74, 6) is 0.591. The van der Waals surface area contributed by atoms with Gasteiger partial charge in [-0.15, -0.1) is 0 Å². The zero-order valence-electron chi connectivity index (χ0n) is 10.8. The van der Waals surface area contributed by atoms with Gasteiger partial charge < -0.3 is 10.6 Å². The average Bonchev–Trinajstić information content (AvgIpc) is 2.27. The largest absolute Gasteiger partial charge is 0.319 e. The van der Waals surface area contributed by atoms with Crippen LogP contribution in [0.4, 0.5) is 0 Å². The topological polar surface area (TPSA) is 133 Å². The van der Waals surface area contributed by atoms with Crippen molar-refractivity contribution in [1.82, 2.24) is 10.6 Å². The second-order valence-electron chi connectivity index (χ2n) is 3.71. The minimum atomic E-state index is -3.94. The molecule has 0 amide bonds. The molecule has 0 aromatic heterocycles. The molecule has 0 spiro atoms. The minimum absolute atomic E-state index is 0.296. The fraction of sp³-hybridized carbons (Fsp3) is 1.00. The summed E-state index contributed by atoms with van der Waals surface area (Å²) in [4.78, 5) is 0. The summed E-state index contributed by atoms with van der Waals surface area (Å²) in [6, 6.07) is 0. The molecule has 0 saturated carbocycles. The van der Waals surface area contributed by atoms with Gasteiger partial charge in [-0.1, -0.05) is 0 Å². The van der Waals surface area contributed by atoms with Gasteiger partial charge in [0.1, 0.15) is 0 Å². The minimum Gasteiger partial charge on any atom is -0.316 e. The Hall–Kier alpha value is 0.440. The lowest BCUT2D eigenvalue weighted by Crippen LogP contribution is -2.22. The van der Waals surface area contributed by atoms with E-state index in [-0.39, 0.29) is 0 Å². The molecule has 0 aliphatic carbocycles. The first-order valence-electron chi connectivity index (χ1n) is 5.86. The first-order valence-corrected chi connectivity index (χ1v) is 11.7. The Bertz CT molecular complexity index is 396. The van der Waals surface area contributed by atoms with Crippen molar-refractivity contribution in [3.05, 3.63) is 0 Å². The zero-order valence-corrected chi connectivity index (χ0v) is 14.1. The molecular weight excluding hydrogens is 348 g/mol. The summed E-state index contributed by atoms with van der Waals surface area (Å²) in [6.07, 6.45) is 1.80. The molecular formula is C8H20N2O6S4. The molecule has 122 valence electrons. The highest BCUT2D eigenvalue weighted by Crippen LogP contribution is 2.07. The van der Waals surface area contributed by atoms with Crippen molar-refractivity contribution in [2.45, 2.75) is 12.8 Å². The highest BCUT2D eigenvalue weighted by molar-refractivity contribution is 8.70. The van der Waals surface area contributed by atoms with Crippen LogP contribution < -0.4 is 10.6 Å². The van der Waals surface area contributed by atoms with E-state index in [4.69, 9.17) is 9.11 Å². The Morgan fingerprint density at radius 2 is 1.05 bits per heavy atom. The molecule has 12 heteroatoms. The Morgan fingerprint density at radius 1 is 0.700 bits per heavy atom. The molecule has 0 fully saturated rings. The summed E-state index contributed by atoms with van der Waals surface area (Å²) in [5.41, 5.74) is 0. The van der Waals surface area contributed by atoms with E-state index < -0.39 is 18.3 Å². The molecule has 0 atom stereocenters. The molecule has 0 aliphatic rings. The third kappa shape index (κ3) is 18.4. The van der Waals surface area contributed by atoms with Gasteiger partial charge >= 0.3 is 18.3 Å². The summed E-state index contributed by atoms with van der Waals surface area (Å²) in [5, 5.41) is 6.08. The number of unbranched alkanes of at least 4 members (excludes halogenated alkanes) is 1. The third-order valence-corrected chi connectivity index (χ3v) is 6.10. The summed E-state index contributed by atoms with van der Waals surface area (Å²) < 4.78 is 58.4. The SMILES string of the molecule is O=S(=O)(O)SCCNCCCCNCCSS(=O)(=O)O. The van der Waals surface area contributed by atoms with E-state index in [0.717, 1.165) is 25.9 Å². The van der Waals surface area contributed by atoms with E-state index in [1.807, 2.05) is 0 Å². The maximum atomic E-state index is 10.4. The lowest BCUT2D eigenvalue weighted by molar-refractivity contribution is 0.500. The molecule has 0 unspecified atom stereocenters. The van der Waals surface area contributed by atoms with Crippen LogP contribution in [0, 0.1) is 0 Å². The summed E-state index contributed by atoms with van der Waals surface area (Å²) in [6.45, 7) is 2.49. The van der Waals surface area contributed by atoms with Crippen LogP contribution >= 0.6 is 21.6 Å². The molecule has 0 bridgehead atoms. The number of nitrogens with one attached hydrogen (secondary N) is 2. The Morgan fingerprint density at radius 3 is 1.35 bits per heavy atom. The second-order valence-corrected chi connectivity index (χ2v) is 10.6. The summed E-state index contributed by atoms with van der Waals surface area (Å²) in [7, 11) is -6.89. The van der Waals surface area contributed by atoms with Gasteiger partial charge in [0.25, 0.3) is 0 Å². The lowest BCUT2D eigenvalue weighted by Gasteiger charge is -2.05. The van der Waals surface area contributed by atoms with Crippen LogP contribution in [0.15, 0.2) is 0 Å². The first-order chi connectivity index (χ1) is 9.21. The third-order valence-electron chi connectivity index (χ3n) is 1.98. The molecule has 0 aliphatic heterocycles. The van der Waals surface area contributed by atoms with Gasteiger partial charge in [-0.25, -0.2) is 0 Å². The first kappa shape index (κ1) is 20.4. The highest BCUT2D eigenvalue weighted by Gasteiger charge is 2.04. The highest BCUT2D eigenvalue weighted by atomic mass is 33.2. The van der Waals surface area contributed by atoms with E-state index in [2.05, 4.69) is 10.6 Å². The summed E-state index contributed by atoms with van der Waals surface area (Å²) >= 11 is 0. The van der Waals surface area contributed by atoms with Crippen molar-refractivity contribution in [3.8, 4) is 0 Å². The standard InChI is InChI=1S/C8H20N2O6S4/c11-19(12,13)17-7-5-9-3-1-2-4-10-6-8-18-20(14,15)16/h9-10H,1-8H2,(H,11,12,13)(H,14,15,16). The quantitative estimate of drug-likeness (QED) is 0.200. The Labute approximate surface area is 127 Å². The fourth-order valence-electron chi connectivity index (χ4n) is 1.19. The van der Waals surface area contributed by atoms with Crippen LogP contribution in [0.3, 0.4) is 0 Å². The molecule has 20 heavy (non-hydrogen) atoms. The molecule has 4 N–H and O–H groups in total. The maximum absolute atomic E-state index is 10.4. The molecule has 0 saturated heterocycles. The van der Waals surface area contributed by atoms with E-state index in [9.17, 15) is 16.8 Å². The van der Waals surface area contributed by atoms with Crippen LogP contribution in [0.5, 0.6) is 0 Å². The van der Waals surface area contributed by atoms with Crippen LogP contribution in [0.1, 0.15) is 12.8 Å². The monoisotopic (exact) mass is 368 g/mol. The normalized spacial score (nSPS) is 12.7. The van der Waals surface area contributed by atoms with Crippen molar-refractivity contribution in [2.75, 3.05) is 37.7 Å². The lowest BCUT2D eigenvalue weighted by atomic mass is 10.3. The van der Waals surface area contributed by atoms with Crippen molar-refractivity contribution < 1.29 is 25.9 Å². The molecule has 0 aromatic rings. The van der Waals surface area contributed by atoms with E-state index in [1.165, 1.54) is 0 Å². The molecule has 0 heterocycles. The zero-order chi connectivity index (χ0) is 15.5. The van der Waals surface area contributed by atoms with Crippen molar-refractivity contribution >= 4 is 39.9 Å². The van der Waals surface area contributed by atoms with Crippen molar-refractivity contribution in [1.29, 1.82) is 0 Å². The van der Waals surface area contributed by atoms with Gasteiger partial charge in [-0.05, 0) is 47.5 Å². The van der Waals surface area contributed by atoms with Crippen LogP contribution in [-0.2, 0) is 18.3 Å². The van der Waals surface area contributed by atoms with Crippen molar-refractivity contribution in [3.63, 3.8) is 0 Å². The Kier molecular flexibility index (Phi) is 11.3. The van der Waals surface area contributed by atoms with Crippen LogP contribution in [0.2, 0.25) is 0 Å². The molecule has 0 aromatic carbocycles. The van der Waals surface area contributed by atoms with Gasteiger partial charge in [0.15, 0.2) is 0 Å². The van der Waals surface area contributed by atoms with Gasteiger partial charge in [-0.2, -0.15) is 16.8 Å². The van der Waals surface area contributed by atoms with Gasteiger partial charge in [-0.3, -0.25) is 9.11 Å².